The molecule has 3 N–H and O–H groups in total. The molecular weight excluding hydrogens is 160 g/mol. The smallest absolute Gasteiger partial charge is 0.0457 e. The van der Waals surface area contributed by atoms with E-state index in [4.69, 9.17) is 5.73 Å². The highest BCUT2D eigenvalue weighted by atomic mass is 14.7. The quantitative estimate of drug-likeness (QED) is 0.722. The molecule has 1 aromatic heterocycles. The molecule has 1 heterocycles. The van der Waals surface area contributed by atoms with Crippen molar-refractivity contribution in [3.8, 4) is 0 Å². The van der Waals surface area contributed by atoms with Crippen LogP contribution in [0.15, 0.2) is 30.5 Å². The maximum absolute atomic E-state index is 6.01. The zero-order valence-electron chi connectivity index (χ0n) is 7.75. The van der Waals surface area contributed by atoms with Gasteiger partial charge >= 0.3 is 0 Å². The Hall–Kier alpha value is -1.28. The van der Waals surface area contributed by atoms with Crippen molar-refractivity contribution in [1.29, 1.82) is 0 Å². The SMILES string of the molecule is CC[C@H](N)c1cccc2[nH]ccc12. The van der Waals surface area contributed by atoms with E-state index in [-0.39, 0.29) is 6.04 Å². The van der Waals surface area contributed by atoms with Gasteiger partial charge in [0.1, 0.15) is 0 Å². The second-order valence-corrected chi connectivity index (χ2v) is 3.30. The van der Waals surface area contributed by atoms with E-state index in [1.807, 2.05) is 12.3 Å². The first-order chi connectivity index (χ1) is 6.33. The fraction of sp³-hybridized carbons (Fsp3) is 0.273. The highest BCUT2D eigenvalue weighted by Crippen LogP contribution is 2.23. The van der Waals surface area contributed by atoms with Crippen LogP contribution >= 0.6 is 0 Å². The monoisotopic (exact) mass is 174 g/mol. The summed E-state index contributed by atoms with van der Waals surface area (Å²) in [4.78, 5) is 3.18. The third kappa shape index (κ3) is 1.33. The van der Waals surface area contributed by atoms with Crippen molar-refractivity contribution in [2.24, 2.45) is 5.73 Å². The van der Waals surface area contributed by atoms with Gasteiger partial charge in [0.15, 0.2) is 0 Å². The van der Waals surface area contributed by atoms with Crippen molar-refractivity contribution in [3.05, 3.63) is 36.0 Å². The van der Waals surface area contributed by atoms with Gasteiger partial charge in [0, 0.05) is 23.1 Å². The zero-order chi connectivity index (χ0) is 9.26. The van der Waals surface area contributed by atoms with Crippen LogP contribution in [0, 0.1) is 0 Å². The molecule has 0 spiro atoms. The molecule has 0 aliphatic carbocycles. The van der Waals surface area contributed by atoms with E-state index in [1.54, 1.807) is 0 Å². The molecule has 1 atom stereocenters. The predicted molar refractivity (Wildman–Crippen MR) is 55.5 cm³/mol. The lowest BCUT2D eigenvalue weighted by molar-refractivity contribution is 0.704. The Balaban J connectivity index is 2.60. The molecule has 0 unspecified atom stereocenters. The normalized spacial score (nSPS) is 13.4. The number of aromatic amines is 1. The van der Waals surface area contributed by atoms with Gasteiger partial charge < -0.3 is 10.7 Å². The van der Waals surface area contributed by atoms with Crippen molar-refractivity contribution in [2.45, 2.75) is 19.4 Å². The van der Waals surface area contributed by atoms with Gasteiger partial charge in [0.2, 0.25) is 0 Å². The van der Waals surface area contributed by atoms with Crippen molar-refractivity contribution in [3.63, 3.8) is 0 Å². The van der Waals surface area contributed by atoms with E-state index in [1.165, 1.54) is 16.5 Å². The number of hydrogen-bond acceptors (Lipinski definition) is 1. The molecule has 2 heteroatoms. The number of fused-ring (bicyclic) bond motifs is 1. The molecule has 0 radical (unpaired) electrons. The van der Waals surface area contributed by atoms with Crippen LogP contribution in [0.3, 0.4) is 0 Å². The lowest BCUT2D eigenvalue weighted by Crippen LogP contribution is -2.08. The van der Waals surface area contributed by atoms with Gasteiger partial charge in [-0.3, -0.25) is 0 Å². The summed E-state index contributed by atoms with van der Waals surface area (Å²) in [6.45, 7) is 2.11. The van der Waals surface area contributed by atoms with Gasteiger partial charge in [-0.2, -0.15) is 0 Å². The second-order valence-electron chi connectivity index (χ2n) is 3.30. The molecule has 0 bridgehead atoms. The number of nitrogens with one attached hydrogen (secondary N) is 1. The standard InChI is InChI=1S/C11H14N2/c1-2-10(12)8-4-3-5-11-9(8)6-7-13-11/h3-7,10,13H,2,12H2,1H3/t10-/m0/s1. The molecule has 68 valence electrons. The number of benzene rings is 1. The molecule has 13 heavy (non-hydrogen) atoms. The Labute approximate surface area is 77.8 Å². The van der Waals surface area contributed by atoms with Crippen LogP contribution in [0.25, 0.3) is 10.9 Å². The predicted octanol–water partition coefficient (Wildman–Crippen LogP) is 2.58. The van der Waals surface area contributed by atoms with E-state index in [2.05, 4.69) is 30.1 Å². The zero-order valence-corrected chi connectivity index (χ0v) is 7.75. The fourth-order valence-corrected chi connectivity index (χ4v) is 1.65. The van der Waals surface area contributed by atoms with Gasteiger partial charge in [0.25, 0.3) is 0 Å². The summed E-state index contributed by atoms with van der Waals surface area (Å²) < 4.78 is 0. The molecule has 0 fully saturated rings. The van der Waals surface area contributed by atoms with Crippen molar-refractivity contribution >= 4 is 10.9 Å². The largest absolute Gasteiger partial charge is 0.361 e. The summed E-state index contributed by atoms with van der Waals surface area (Å²) >= 11 is 0. The topological polar surface area (TPSA) is 41.8 Å². The summed E-state index contributed by atoms with van der Waals surface area (Å²) in [7, 11) is 0. The summed E-state index contributed by atoms with van der Waals surface area (Å²) in [5.41, 5.74) is 8.41. The average Bonchev–Trinajstić information content (AvgIpc) is 2.63. The lowest BCUT2D eigenvalue weighted by Gasteiger charge is -2.09. The minimum absolute atomic E-state index is 0.152. The van der Waals surface area contributed by atoms with E-state index in [0.717, 1.165) is 6.42 Å². The summed E-state index contributed by atoms with van der Waals surface area (Å²) in [6, 6.07) is 8.45. The Morgan fingerprint density at radius 3 is 3.00 bits per heavy atom. The molecule has 0 aliphatic heterocycles. The van der Waals surface area contributed by atoms with E-state index in [9.17, 15) is 0 Å². The van der Waals surface area contributed by atoms with E-state index < -0.39 is 0 Å². The lowest BCUT2D eigenvalue weighted by atomic mass is 10.0. The molecule has 2 rings (SSSR count). The Morgan fingerprint density at radius 2 is 2.23 bits per heavy atom. The first kappa shape index (κ1) is 8.32. The number of hydrogen-bond donors (Lipinski definition) is 2. The molecule has 0 aliphatic rings. The summed E-state index contributed by atoms with van der Waals surface area (Å²) in [6.07, 6.45) is 2.93. The maximum Gasteiger partial charge on any atom is 0.0457 e. The minimum atomic E-state index is 0.152. The van der Waals surface area contributed by atoms with E-state index in [0.29, 0.717) is 0 Å². The molecule has 2 nitrogen and oxygen atoms in total. The van der Waals surface area contributed by atoms with Crippen LogP contribution in [-0.4, -0.2) is 4.98 Å². The second kappa shape index (κ2) is 3.23. The first-order valence-corrected chi connectivity index (χ1v) is 4.64. The van der Waals surface area contributed by atoms with Crippen molar-refractivity contribution in [1.82, 2.24) is 4.98 Å². The number of aromatic nitrogens is 1. The number of H-pyrrole nitrogens is 1. The van der Waals surface area contributed by atoms with Gasteiger partial charge in [-0.25, -0.2) is 0 Å². The Kier molecular flexibility index (Phi) is 2.07. The van der Waals surface area contributed by atoms with Crippen LogP contribution < -0.4 is 5.73 Å². The third-order valence-electron chi connectivity index (χ3n) is 2.47. The first-order valence-electron chi connectivity index (χ1n) is 4.64. The molecule has 0 amide bonds. The fourth-order valence-electron chi connectivity index (χ4n) is 1.65. The van der Waals surface area contributed by atoms with Gasteiger partial charge in [-0.05, 0) is 24.1 Å². The van der Waals surface area contributed by atoms with Crippen LogP contribution in [0.1, 0.15) is 24.9 Å². The van der Waals surface area contributed by atoms with Gasteiger partial charge in [-0.1, -0.05) is 19.1 Å². The summed E-state index contributed by atoms with van der Waals surface area (Å²) in [5.74, 6) is 0. The minimum Gasteiger partial charge on any atom is -0.361 e. The molecule has 1 aromatic carbocycles. The average molecular weight is 174 g/mol. The highest BCUT2D eigenvalue weighted by Gasteiger charge is 2.07. The molecule has 0 saturated carbocycles. The van der Waals surface area contributed by atoms with Crippen LogP contribution in [0.5, 0.6) is 0 Å². The highest BCUT2D eigenvalue weighted by molar-refractivity contribution is 5.83. The third-order valence-corrected chi connectivity index (χ3v) is 2.47. The van der Waals surface area contributed by atoms with Crippen LogP contribution in [-0.2, 0) is 0 Å². The van der Waals surface area contributed by atoms with Crippen LogP contribution in [0.4, 0.5) is 0 Å². The van der Waals surface area contributed by atoms with Crippen LogP contribution in [0.2, 0.25) is 0 Å². The number of rotatable bonds is 2. The van der Waals surface area contributed by atoms with Gasteiger partial charge in [0.05, 0.1) is 0 Å². The summed E-state index contributed by atoms with van der Waals surface area (Å²) in [5, 5.41) is 1.25. The molecule has 0 saturated heterocycles. The van der Waals surface area contributed by atoms with E-state index >= 15 is 0 Å². The Bertz CT molecular complexity index is 403. The Morgan fingerprint density at radius 1 is 1.38 bits per heavy atom. The van der Waals surface area contributed by atoms with Gasteiger partial charge in [-0.15, -0.1) is 0 Å². The maximum atomic E-state index is 6.01. The van der Waals surface area contributed by atoms with Crippen molar-refractivity contribution in [2.75, 3.05) is 0 Å². The molecule has 2 aromatic rings. The number of nitrogens with two attached hydrogens (primary N) is 1. The molecular formula is C11H14N2. The van der Waals surface area contributed by atoms with Crippen molar-refractivity contribution < 1.29 is 0 Å².